The number of carbonyl (C=O) groups is 2. The molecule has 4 rings (SSSR count). The Balaban J connectivity index is 1.89. The van der Waals surface area contributed by atoms with Crippen molar-refractivity contribution in [3.05, 3.63) is 69.5 Å². The molecule has 1 unspecified atom stereocenters. The average Bonchev–Trinajstić information content (AvgIpc) is 2.83. The van der Waals surface area contributed by atoms with Gasteiger partial charge in [0.25, 0.3) is 0 Å². The number of pyridine rings is 1. The standard InChI is InChI=1S/C27H27F4N3O6/c1-13(35)20-12-32(7-8-33(20)26(39)40-27(2,3)4)23-18(30)10-15-22(21(23)31)34(11-16(24(15)36)25(37)38)19-6-5-14(28)9-17(19)29/h5-6,9-11,13,20,35H,7-8,12H2,1-4H3,(H,37,38)/t13?,20-/m1/s1. The number of aliphatic hydroxyl groups is 1. The number of aliphatic hydroxyl groups excluding tert-OH is 1. The number of hydrogen-bond donors (Lipinski definition) is 2. The number of fused-ring (bicyclic) bond motifs is 1. The Kier molecular flexibility index (Phi) is 7.54. The summed E-state index contributed by atoms with van der Waals surface area (Å²) in [6, 6.07) is 1.98. The van der Waals surface area contributed by atoms with Gasteiger partial charge >= 0.3 is 12.1 Å². The highest BCUT2D eigenvalue weighted by Gasteiger charge is 2.38. The van der Waals surface area contributed by atoms with Crippen molar-refractivity contribution in [1.29, 1.82) is 0 Å². The molecule has 2 atom stereocenters. The molecule has 9 nitrogen and oxygen atoms in total. The molecule has 0 spiro atoms. The van der Waals surface area contributed by atoms with Crippen molar-refractivity contribution in [3.63, 3.8) is 0 Å². The van der Waals surface area contributed by atoms with Crippen LogP contribution in [0.3, 0.4) is 0 Å². The van der Waals surface area contributed by atoms with Crippen molar-refractivity contribution in [2.24, 2.45) is 0 Å². The van der Waals surface area contributed by atoms with Crippen LogP contribution in [0.2, 0.25) is 0 Å². The Labute approximate surface area is 225 Å². The molecule has 214 valence electrons. The van der Waals surface area contributed by atoms with Crippen LogP contribution in [0.5, 0.6) is 0 Å². The molecule has 40 heavy (non-hydrogen) atoms. The third-order valence-electron chi connectivity index (χ3n) is 6.48. The molecule has 0 saturated carbocycles. The van der Waals surface area contributed by atoms with Crippen molar-refractivity contribution >= 4 is 28.7 Å². The van der Waals surface area contributed by atoms with Gasteiger partial charge in [-0.15, -0.1) is 0 Å². The van der Waals surface area contributed by atoms with E-state index in [9.17, 15) is 33.4 Å². The quantitative estimate of drug-likeness (QED) is 0.459. The highest BCUT2D eigenvalue weighted by atomic mass is 19.1. The number of anilines is 1. The third kappa shape index (κ3) is 5.33. The van der Waals surface area contributed by atoms with E-state index in [0.29, 0.717) is 18.3 Å². The summed E-state index contributed by atoms with van der Waals surface area (Å²) >= 11 is 0. The van der Waals surface area contributed by atoms with Crippen molar-refractivity contribution in [2.75, 3.05) is 24.5 Å². The summed E-state index contributed by atoms with van der Waals surface area (Å²) in [5.74, 6) is -6.39. The number of carbonyl (C=O) groups excluding carboxylic acids is 1. The summed E-state index contributed by atoms with van der Waals surface area (Å²) in [5, 5.41) is 19.2. The smallest absolute Gasteiger partial charge is 0.410 e. The van der Waals surface area contributed by atoms with Crippen LogP contribution in [0.4, 0.5) is 28.0 Å². The fraction of sp³-hybridized carbons (Fsp3) is 0.370. The molecular weight excluding hydrogens is 538 g/mol. The Morgan fingerprint density at radius 3 is 2.33 bits per heavy atom. The van der Waals surface area contributed by atoms with E-state index in [2.05, 4.69) is 0 Å². The number of rotatable bonds is 4. The van der Waals surface area contributed by atoms with Crippen LogP contribution in [-0.4, -0.2) is 69.1 Å². The first-order valence-corrected chi connectivity index (χ1v) is 12.3. The molecule has 1 fully saturated rings. The predicted octanol–water partition coefficient (Wildman–Crippen LogP) is 4.05. The number of aromatic carboxylic acids is 1. The normalized spacial score (nSPS) is 16.8. The molecule has 13 heteroatoms. The Morgan fingerprint density at radius 1 is 1.07 bits per heavy atom. The lowest BCUT2D eigenvalue weighted by molar-refractivity contribution is -0.00566. The van der Waals surface area contributed by atoms with Crippen molar-refractivity contribution in [2.45, 2.75) is 45.4 Å². The molecule has 1 aliphatic heterocycles. The highest BCUT2D eigenvalue weighted by molar-refractivity contribution is 5.94. The maximum absolute atomic E-state index is 16.2. The first-order chi connectivity index (χ1) is 18.6. The largest absolute Gasteiger partial charge is 0.477 e. The van der Waals surface area contributed by atoms with Crippen LogP contribution >= 0.6 is 0 Å². The molecule has 0 bridgehead atoms. The van der Waals surface area contributed by atoms with Crippen LogP contribution in [0, 0.1) is 23.3 Å². The summed E-state index contributed by atoms with van der Waals surface area (Å²) in [4.78, 5) is 39.8. The maximum atomic E-state index is 16.2. The third-order valence-corrected chi connectivity index (χ3v) is 6.48. The summed E-state index contributed by atoms with van der Waals surface area (Å²) in [6.07, 6.45) is -1.17. The minimum atomic E-state index is -1.72. The molecular formula is C27H27F4N3O6. The molecule has 2 aromatic carbocycles. The molecule has 1 aliphatic rings. The van der Waals surface area contributed by atoms with E-state index in [-0.39, 0.29) is 19.6 Å². The van der Waals surface area contributed by atoms with Crippen LogP contribution in [0.15, 0.2) is 35.3 Å². The molecule has 1 saturated heterocycles. The number of hydrogen-bond acceptors (Lipinski definition) is 6. The van der Waals surface area contributed by atoms with Crippen molar-refractivity contribution < 1.29 is 42.1 Å². The van der Waals surface area contributed by atoms with Gasteiger partial charge in [0, 0.05) is 31.9 Å². The first kappa shape index (κ1) is 28.9. The lowest BCUT2D eigenvalue weighted by atomic mass is 10.0. The van der Waals surface area contributed by atoms with E-state index in [1.54, 1.807) is 20.8 Å². The zero-order valence-electron chi connectivity index (χ0n) is 22.0. The second kappa shape index (κ2) is 10.5. The number of ether oxygens (including phenoxy) is 1. The average molecular weight is 566 g/mol. The van der Waals surface area contributed by atoms with Gasteiger partial charge in [-0.05, 0) is 45.9 Å². The topological polar surface area (TPSA) is 112 Å². The zero-order chi connectivity index (χ0) is 29.7. The number of halogens is 4. The SMILES string of the molecule is CC(O)[C@H]1CN(c2c(F)cc3c(=O)c(C(=O)O)cn(-c4ccc(F)cc4F)c3c2F)CCN1C(=O)OC(C)(C)C. The molecule has 3 aromatic rings. The van der Waals surface area contributed by atoms with Crippen LogP contribution in [0.25, 0.3) is 16.6 Å². The van der Waals surface area contributed by atoms with Crippen molar-refractivity contribution in [1.82, 2.24) is 9.47 Å². The lowest BCUT2D eigenvalue weighted by Crippen LogP contribution is -2.60. The summed E-state index contributed by atoms with van der Waals surface area (Å²) in [7, 11) is 0. The van der Waals surface area contributed by atoms with E-state index >= 15 is 8.78 Å². The lowest BCUT2D eigenvalue weighted by Gasteiger charge is -2.43. The molecule has 0 radical (unpaired) electrons. The molecule has 0 aliphatic carbocycles. The number of amides is 1. The number of piperazine rings is 1. The van der Waals surface area contributed by atoms with Gasteiger partial charge in [0.1, 0.15) is 34.3 Å². The summed E-state index contributed by atoms with van der Waals surface area (Å²) in [6.45, 7) is 5.97. The number of carboxylic acids is 1. The van der Waals surface area contributed by atoms with Gasteiger partial charge in [-0.3, -0.25) is 9.69 Å². The van der Waals surface area contributed by atoms with E-state index in [1.165, 1.54) is 16.7 Å². The second-order valence-electron chi connectivity index (χ2n) is 10.5. The number of nitrogens with zero attached hydrogens (tertiary/aromatic N) is 3. The Hall–Kier alpha value is -4.13. The summed E-state index contributed by atoms with van der Waals surface area (Å²) in [5.41, 5.74) is -4.69. The minimum absolute atomic E-state index is 0.0846. The van der Waals surface area contributed by atoms with E-state index in [4.69, 9.17) is 4.74 Å². The maximum Gasteiger partial charge on any atom is 0.410 e. The summed E-state index contributed by atoms with van der Waals surface area (Å²) < 4.78 is 66.2. The highest BCUT2D eigenvalue weighted by Crippen LogP contribution is 2.34. The van der Waals surface area contributed by atoms with Gasteiger partial charge in [0.2, 0.25) is 5.43 Å². The van der Waals surface area contributed by atoms with Crippen LogP contribution < -0.4 is 10.3 Å². The van der Waals surface area contributed by atoms with E-state index < -0.39 is 86.3 Å². The molecule has 1 aromatic heterocycles. The minimum Gasteiger partial charge on any atom is -0.477 e. The number of benzene rings is 2. The van der Waals surface area contributed by atoms with E-state index in [1.807, 2.05) is 0 Å². The first-order valence-electron chi connectivity index (χ1n) is 12.3. The van der Waals surface area contributed by atoms with Gasteiger partial charge in [-0.2, -0.15) is 0 Å². The monoisotopic (exact) mass is 565 g/mol. The second-order valence-corrected chi connectivity index (χ2v) is 10.5. The van der Waals surface area contributed by atoms with Gasteiger partial charge in [0.05, 0.1) is 28.7 Å². The number of aromatic nitrogens is 1. The van der Waals surface area contributed by atoms with Crippen LogP contribution in [0.1, 0.15) is 38.1 Å². The Morgan fingerprint density at radius 2 is 1.75 bits per heavy atom. The molecule has 2 N–H and O–H groups in total. The van der Waals surface area contributed by atoms with Crippen molar-refractivity contribution in [3.8, 4) is 5.69 Å². The fourth-order valence-electron chi connectivity index (χ4n) is 4.69. The van der Waals surface area contributed by atoms with Crippen LogP contribution in [-0.2, 0) is 4.74 Å². The van der Waals surface area contributed by atoms with Gasteiger partial charge in [-0.25, -0.2) is 27.2 Å². The van der Waals surface area contributed by atoms with Gasteiger partial charge in [0.15, 0.2) is 5.82 Å². The fourth-order valence-corrected chi connectivity index (χ4v) is 4.69. The predicted molar refractivity (Wildman–Crippen MR) is 137 cm³/mol. The van der Waals surface area contributed by atoms with Gasteiger partial charge in [-0.1, -0.05) is 0 Å². The molecule has 1 amide bonds. The zero-order valence-corrected chi connectivity index (χ0v) is 22.0. The molecule has 2 heterocycles. The number of carboxylic acid groups (broad SMARTS) is 1. The van der Waals surface area contributed by atoms with E-state index in [0.717, 1.165) is 16.7 Å². The Bertz CT molecular complexity index is 1570. The van der Waals surface area contributed by atoms with Gasteiger partial charge < -0.3 is 24.4 Å².